The van der Waals surface area contributed by atoms with Crippen molar-refractivity contribution in [1.29, 1.82) is 0 Å². The van der Waals surface area contributed by atoms with Crippen molar-refractivity contribution in [2.24, 2.45) is 5.92 Å². The molecule has 2 atom stereocenters. The van der Waals surface area contributed by atoms with Gasteiger partial charge < -0.3 is 19.2 Å². The molecule has 2 aliphatic heterocycles. The molecule has 39 heavy (non-hydrogen) atoms. The molecule has 3 aromatic rings. The molecule has 210 valence electrons. The number of ether oxygens (including phenoxy) is 1. The number of aryl methyl sites for hydroxylation is 1. The van der Waals surface area contributed by atoms with Gasteiger partial charge in [0, 0.05) is 56.8 Å². The topological polar surface area (TPSA) is 66.2 Å². The van der Waals surface area contributed by atoms with E-state index >= 15 is 0 Å². The van der Waals surface area contributed by atoms with Crippen LogP contribution in [0.25, 0.3) is 11.0 Å². The van der Waals surface area contributed by atoms with E-state index in [9.17, 15) is 9.90 Å². The van der Waals surface area contributed by atoms with Gasteiger partial charge in [0.15, 0.2) is 0 Å². The molecule has 0 saturated carbocycles. The summed E-state index contributed by atoms with van der Waals surface area (Å²) in [4.78, 5) is 18.4. The van der Waals surface area contributed by atoms with E-state index in [1.807, 2.05) is 37.3 Å². The van der Waals surface area contributed by atoms with Crippen molar-refractivity contribution < 1.29 is 14.3 Å². The fourth-order valence-corrected chi connectivity index (χ4v) is 6.93. The largest absolute Gasteiger partial charge is 0.506 e. The molecule has 2 aromatic carbocycles. The first kappa shape index (κ1) is 28.2. The van der Waals surface area contributed by atoms with Gasteiger partial charge in [0.2, 0.25) is 0 Å². The predicted octanol–water partition coefficient (Wildman–Crippen LogP) is 6.15. The summed E-state index contributed by atoms with van der Waals surface area (Å²) >= 11 is 6.60. The maximum Gasteiger partial charge on any atom is 0.340 e. The van der Waals surface area contributed by atoms with Gasteiger partial charge in [-0.2, -0.15) is 0 Å². The molecule has 0 aliphatic carbocycles. The number of aromatic hydroxyl groups is 1. The molecular formula is C32H41ClN2O4. The van der Waals surface area contributed by atoms with E-state index in [4.69, 9.17) is 20.8 Å². The molecule has 0 amide bonds. The van der Waals surface area contributed by atoms with E-state index in [1.165, 1.54) is 45.2 Å². The summed E-state index contributed by atoms with van der Waals surface area (Å²) in [5.41, 5.74) is 3.20. The quantitative estimate of drug-likeness (QED) is 0.240. The molecule has 3 heterocycles. The molecular weight excluding hydrogens is 512 g/mol. The van der Waals surface area contributed by atoms with Crippen molar-refractivity contribution in [2.45, 2.75) is 64.5 Å². The van der Waals surface area contributed by atoms with Gasteiger partial charge in [-0.25, -0.2) is 4.79 Å². The van der Waals surface area contributed by atoms with Crippen molar-refractivity contribution in [3.8, 4) is 5.75 Å². The molecule has 1 aromatic heterocycles. The monoisotopic (exact) mass is 552 g/mol. The fraction of sp³-hybridized carbons (Fsp3) is 0.531. The van der Waals surface area contributed by atoms with Crippen LogP contribution in [-0.4, -0.2) is 60.8 Å². The summed E-state index contributed by atoms with van der Waals surface area (Å²) in [6.07, 6.45) is 7.70. The number of nitrogens with zero attached hydrogens (tertiary/aromatic N) is 2. The molecule has 0 radical (unpaired) electrons. The minimum Gasteiger partial charge on any atom is -0.506 e. The molecule has 0 bridgehead atoms. The van der Waals surface area contributed by atoms with Crippen molar-refractivity contribution in [2.75, 3.05) is 39.9 Å². The van der Waals surface area contributed by atoms with E-state index in [2.05, 4.69) is 9.80 Å². The fourth-order valence-electron chi connectivity index (χ4n) is 6.70. The van der Waals surface area contributed by atoms with Crippen LogP contribution in [0.2, 0.25) is 5.02 Å². The Labute approximate surface area is 236 Å². The second-order valence-corrected chi connectivity index (χ2v) is 11.7. The summed E-state index contributed by atoms with van der Waals surface area (Å²) < 4.78 is 11.3. The second-order valence-electron chi connectivity index (χ2n) is 11.3. The lowest BCUT2D eigenvalue weighted by Crippen LogP contribution is -2.51. The zero-order valence-electron chi connectivity index (χ0n) is 23.3. The maximum atomic E-state index is 13.3. The Morgan fingerprint density at radius 2 is 1.92 bits per heavy atom. The summed E-state index contributed by atoms with van der Waals surface area (Å²) in [6, 6.07) is 12.3. The zero-order chi connectivity index (χ0) is 27.4. The minimum atomic E-state index is -0.358. The van der Waals surface area contributed by atoms with Crippen molar-refractivity contribution >= 4 is 22.6 Å². The van der Waals surface area contributed by atoms with Crippen LogP contribution in [0.5, 0.6) is 5.75 Å². The molecule has 7 heteroatoms. The minimum absolute atomic E-state index is 0.00204. The lowest BCUT2D eigenvalue weighted by atomic mass is 9.83. The van der Waals surface area contributed by atoms with Crippen LogP contribution in [-0.2, 0) is 17.7 Å². The number of halogens is 1. The molecule has 0 unspecified atom stereocenters. The van der Waals surface area contributed by atoms with Gasteiger partial charge in [0.25, 0.3) is 0 Å². The number of hydrogen-bond acceptors (Lipinski definition) is 6. The summed E-state index contributed by atoms with van der Waals surface area (Å²) in [5.74, 6) is 0.586. The van der Waals surface area contributed by atoms with Crippen LogP contribution in [0.1, 0.15) is 60.8 Å². The third-order valence-corrected chi connectivity index (χ3v) is 9.04. The highest BCUT2D eigenvalue weighted by atomic mass is 35.5. The van der Waals surface area contributed by atoms with Crippen LogP contribution in [0.15, 0.2) is 45.6 Å². The lowest BCUT2D eigenvalue weighted by molar-refractivity contribution is 0.0372. The van der Waals surface area contributed by atoms with Crippen LogP contribution < -0.4 is 5.63 Å². The normalized spacial score (nSPS) is 20.0. The Balaban J connectivity index is 1.48. The van der Waals surface area contributed by atoms with E-state index in [-0.39, 0.29) is 16.4 Å². The molecule has 2 aliphatic rings. The first-order valence-corrected chi connectivity index (χ1v) is 14.8. The van der Waals surface area contributed by atoms with E-state index in [0.29, 0.717) is 48.2 Å². The molecule has 1 N–H and O–H groups in total. The van der Waals surface area contributed by atoms with Gasteiger partial charge in [-0.15, -0.1) is 0 Å². The summed E-state index contributed by atoms with van der Waals surface area (Å²) in [6.45, 7) is 7.28. The number of rotatable bonds is 10. The number of phenolic OH excluding ortho intramolecular Hbond substituents is 1. The smallest absolute Gasteiger partial charge is 0.340 e. The number of phenols is 1. The zero-order valence-corrected chi connectivity index (χ0v) is 24.0. The maximum absolute atomic E-state index is 13.3. The number of hydrogen-bond donors (Lipinski definition) is 1. The van der Waals surface area contributed by atoms with Gasteiger partial charge in [-0.3, -0.25) is 4.90 Å². The highest BCUT2D eigenvalue weighted by Gasteiger charge is 2.34. The Morgan fingerprint density at radius 1 is 1.13 bits per heavy atom. The number of piperidine rings is 2. The average molecular weight is 553 g/mol. The number of benzene rings is 2. The van der Waals surface area contributed by atoms with Crippen LogP contribution in [0.3, 0.4) is 0 Å². The highest BCUT2D eigenvalue weighted by molar-refractivity contribution is 6.33. The third-order valence-electron chi connectivity index (χ3n) is 8.75. The summed E-state index contributed by atoms with van der Waals surface area (Å²) in [5, 5.41) is 12.2. The predicted molar refractivity (Wildman–Crippen MR) is 157 cm³/mol. The van der Waals surface area contributed by atoms with Crippen LogP contribution in [0.4, 0.5) is 0 Å². The SMILES string of the molecule is COCCCN(Cc1c(O)c(Cl)cc2c(C)c(Cc3ccccc3)c(=O)oc12)C[C@@H]1CCCN2CCCC[C@H]12. The average Bonchev–Trinajstić information content (AvgIpc) is 2.95. The first-order chi connectivity index (χ1) is 19.0. The van der Waals surface area contributed by atoms with Crippen LogP contribution in [0, 0.1) is 12.8 Å². The summed E-state index contributed by atoms with van der Waals surface area (Å²) in [7, 11) is 1.73. The van der Waals surface area contributed by atoms with Gasteiger partial charge >= 0.3 is 5.63 Å². The standard InChI is InChI=1S/C32H41ClN2O4/c1-22-25-19-28(33)30(36)27(31(25)39-32(37)26(22)18-23-10-4-3-5-11-23)21-34(14-9-17-38-2)20-24-12-8-16-35-15-7-6-13-29(24)35/h3-5,10-11,19,24,29,36H,6-9,12-18,20-21H2,1-2H3/t24-,29+/m0/s1. The first-order valence-electron chi connectivity index (χ1n) is 14.4. The van der Waals surface area contributed by atoms with E-state index in [0.717, 1.165) is 36.0 Å². The van der Waals surface area contributed by atoms with Gasteiger partial charge in [0.05, 0.1) is 10.6 Å². The molecule has 0 spiro atoms. The highest BCUT2D eigenvalue weighted by Crippen LogP contribution is 2.38. The molecule has 6 nitrogen and oxygen atoms in total. The van der Waals surface area contributed by atoms with Crippen molar-refractivity contribution in [3.63, 3.8) is 0 Å². The number of methoxy groups -OCH3 is 1. The lowest BCUT2D eigenvalue weighted by Gasteiger charge is -2.45. The van der Waals surface area contributed by atoms with Crippen molar-refractivity contribution in [3.05, 3.63) is 74.1 Å². The van der Waals surface area contributed by atoms with Gasteiger partial charge in [-0.05, 0) is 75.2 Å². The molecule has 5 rings (SSSR count). The Hall–Kier alpha value is -2.38. The third kappa shape index (κ3) is 6.35. The van der Waals surface area contributed by atoms with Gasteiger partial charge in [-0.1, -0.05) is 48.4 Å². The molecule has 2 fully saturated rings. The Bertz CT molecular complexity index is 1320. The van der Waals surface area contributed by atoms with E-state index in [1.54, 1.807) is 13.2 Å². The Kier molecular flexibility index (Phi) is 9.28. The Morgan fingerprint density at radius 3 is 2.72 bits per heavy atom. The second kappa shape index (κ2) is 12.9. The van der Waals surface area contributed by atoms with Gasteiger partial charge in [0.1, 0.15) is 11.3 Å². The van der Waals surface area contributed by atoms with Crippen molar-refractivity contribution in [1.82, 2.24) is 9.80 Å². The number of fused-ring (bicyclic) bond motifs is 2. The van der Waals surface area contributed by atoms with E-state index < -0.39 is 0 Å². The molecule has 2 saturated heterocycles. The van der Waals surface area contributed by atoms with Crippen LogP contribution >= 0.6 is 11.6 Å².